The highest BCUT2D eigenvalue weighted by atomic mass is 16.3. The van der Waals surface area contributed by atoms with Crippen LogP contribution in [-0.2, 0) is 4.79 Å². The minimum Gasteiger partial charge on any atom is -0.393 e. The second-order valence-electron chi connectivity index (χ2n) is 5.93. The maximum atomic E-state index is 12.6. The Morgan fingerprint density at radius 3 is 2.59 bits per heavy atom. The maximum absolute atomic E-state index is 12.6. The van der Waals surface area contributed by atoms with Crippen LogP contribution in [0.4, 0.5) is 0 Å². The lowest BCUT2D eigenvalue weighted by molar-refractivity contribution is -0.145. The number of carbonyl (C=O) groups excluding carboxylic acids is 1. The number of carbonyl (C=O) groups is 1. The molecule has 1 aliphatic carbocycles. The highest BCUT2D eigenvalue weighted by Gasteiger charge is 2.43. The Hall–Kier alpha value is -0.570. The molecular weight excluding hydrogens is 214 g/mol. The lowest BCUT2D eigenvalue weighted by atomic mass is 9.81. The number of aliphatic hydroxyl groups excluding tert-OH is 1. The zero-order valence-electron chi connectivity index (χ0n) is 11.1. The third kappa shape index (κ3) is 2.35. The predicted octanol–water partition coefficient (Wildman–Crippen LogP) is 2.19. The van der Waals surface area contributed by atoms with E-state index in [1.807, 2.05) is 11.8 Å². The monoisotopic (exact) mass is 239 g/mol. The van der Waals surface area contributed by atoms with Crippen LogP contribution >= 0.6 is 0 Å². The normalized spacial score (nSPS) is 32.8. The molecule has 0 bridgehead atoms. The van der Waals surface area contributed by atoms with E-state index >= 15 is 0 Å². The molecule has 2 rings (SSSR count). The van der Waals surface area contributed by atoms with Gasteiger partial charge in [0.15, 0.2) is 0 Å². The number of amides is 1. The van der Waals surface area contributed by atoms with Crippen LogP contribution in [0.15, 0.2) is 0 Å². The molecule has 1 saturated heterocycles. The van der Waals surface area contributed by atoms with Gasteiger partial charge in [-0.1, -0.05) is 26.7 Å². The molecule has 2 atom stereocenters. The van der Waals surface area contributed by atoms with Crippen molar-refractivity contribution in [2.45, 2.75) is 58.5 Å². The molecule has 1 aliphatic heterocycles. The zero-order chi connectivity index (χ0) is 12.5. The molecule has 1 heterocycles. The summed E-state index contributed by atoms with van der Waals surface area (Å²) < 4.78 is 0. The lowest BCUT2D eigenvalue weighted by Gasteiger charge is -2.39. The van der Waals surface area contributed by atoms with Crippen LogP contribution in [0.2, 0.25) is 0 Å². The summed E-state index contributed by atoms with van der Waals surface area (Å²) in [6.45, 7) is 5.66. The number of hydrogen-bond donors (Lipinski definition) is 1. The highest BCUT2D eigenvalue weighted by Crippen LogP contribution is 2.43. The van der Waals surface area contributed by atoms with Crippen LogP contribution in [0.25, 0.3) is 0 Å². The van der Waals surface area contributed by atoms with Crippen LogP contribution < -0.4 is 0 Å². The molecule has 2 fully saturated rings. The standard InChI is InChI=1S/C14H25NO2/c1-3-14(7-4-5-8-14)13(17)15-9-6-12(16)11(2)10-15/h11-12,16H,3-10H2,1-2H3. The van der Waals surface area contributed by atoms with Crippen molar-refractivity contribution >= 4 is 5.91 Å². The number of nitrogens with zero attached hydrogens (tertiary/aromatic N) is 1. The van der Waals surface area contributed by atoms with Crippen molar-refractivity contribution in [3.63, 3.8) is 0 Å². The average Bonchev–Trinajstić information content (AvgIpc) is 2.81. The fourth-order valence-corrected chi connectivity index (χ4v) is 3.42. The first kappa shape index (κ1) is 12.9. The summed E-state index contributed by atoms with van der Waals surface area (Å²) in [6, 6.07) is 0. The van der Waals surface area contributed by atoms with E-state index in [2.05, 4.69) is 6.92 Å². The molecule has 98 valence electrons. The maximum Gasteiger partial charge on any atom is 0.228 e. The van der Waals surface area contributed by atoms with Crippen molar-refractivity contribution < 1.29 is 9.90 Å². The molecule has 1 amide bonds. The molecule has 0 radical (unpaired) electrons. The van der Waals surface area contributed by atoms with Gasteiger partial charge in [-0.25, -0.2) is 0 Å². The summed E-state index contributed by atoms with van der Waals surface area (Å²) >= 11 is 0. The van der Waals surface area contributed by atoms with Gasteiger partial charge in [0.2, 0.25) is 5.91 Å². The fraction of sp³-hybridized carbons (Fsp3) is 0.929. The van der Waals surface area contributed by atoms with E-state index in [9.17, 15) is 9.90 Å². The van der Waals surface area contributed by atoms with E-state index in [0.717, 1.165) is 38.8 Å². The van der Waals surface area contributed by atoms with Gasteiger partial charge in [0.25, 0.3) is 0 Å². The minimum absolute atomic E-state index is 0.0674. The smallest absolute Gasteiger partial charge is 0.228 e. The van der Waals surface area contributed by atoms with Crippen LogP contribution in [-0.4, -0.2) is 35.1 Å². The Bertz CT molecular complexity index is 284. The summed E-state index contributed by atoms with van der Waals surface area (Å²) in [4.78, 5) is 14.7. The molecule has 2 aliphatic rings. The van der Waals surface area contributed by atoms with E-state index in [0.29, 0.717) is 5.91 Å². The van der Waals surface area contributed by atoms with Gasteiger partial charge in [-0.3, -0.25) is 4.79 Å². The molecule has 0 aromatic carbocycles. The fourth-order valence-electron chi connectivity index (χ4n) is 3.42. The summed E-state index contributed by atoms with van der Waals surface area (Å²) in [5.74, 6) is 0.583. The lowest BCUT2D eigenvalue weighted by Crippen LogP contribution is -2.50. The molecule has 0 spiro atoms. The van der Waals surface area contributed by atoms with Gasteiger partial charge in [0.1, 0.15) is 0 Å². The number of rotatable bonds is 2. The Kier molecular flexibility index (Phi) is 3.76. The molecule has 2 unspecified atom stereocenters. The second-order valence-corrected chi connectivity index (χ2v) is 5.93. The molecule has 3 nitrogen and oxygen atoms in total. The molecular formula is C14H25NO2. The van der Waals surface area contributed by atoms with Gasteiger partial charge in [-0.15, -0.1) is 0 Å². The van der Waals surface area contributed by atoms with Crippen LogP contribution in [0.3, 0.4) is 0 Å². The van der Waals surface area contributed by atoms with Crippen molar-refractivity contribution in [3.8, 4) is 0 Å². The predicted molar refractivity (Wildman–Crippen MR) is 67.6 cm³/mol. The van der Waals surface area contributed by atoms with E-state index in [4.69, 9.17) is 0 Å². The second kappa shape index (κ2) is 4.97. The molecule has 3 heteroatoms. The van der Waals surface area contributed by atoms with Crippen LogP contribution in [0, 0.1) is 11.3 Å². The van der Waals surface area contributed by atoms with E-state index in [-0.39, 0.29) is 17.4 Å². The van der Waals surface area contributed by atoms with E-state index < -0.39 is 0 Å². The Labute approximate surface area is 104 Å². The van der Waals surface area contributed by atoms with Crippen molar-refractivity contribution in [2.75, 3.05) is 13.1 Å². The summed E-state index contributed by atoms with van der Waals surface area (Å²) in [5.41, 5.74) is -0.0674. The van der Waals surface area contributed by atoms with Gasteiger partial charge < -0.3 is 10.0 Å². The van der Waals surface area contributed by atoms with Crippen molar-refractivity contribution in [3.05, 3.63) is 0 Å². The van der Waals surface area contributed by atoms with Gasteiger partial charge in [-0.05, 0) is 31.6 Å². The molecule has 0 aromatic rings. The van der Waals surface area contributed by atoms with Crippen molar-refractivity contribution in [1.82, 2.24) is 4.90 Å². The number of aliphatic hydroxyl groups is 1. The number of likely N-dealkylation sites (tertiary alicyclic amines) is 1. The van der Waals surface area contributed by atoms with E-state index in [1.165, 1.54) is 12.8 Å². The van der Waals surface area contributed by atoms with Gasteiger partial charge >= 0.3 is 0 Å². The molecule has 0 aromatic heterocycles. The Balaban J connectivity index is 2.04. The molecule has 17 heavy (non-hydrogen) atoms. The van der Waals surface area contributed by atoms with E-state index in [1.54, 1.807) is 0 Å². The highest BCUT2D eigenvalue weighted by molar-refractivity contribution is 5.83. The average molecular weight is 239 g/mol. The first-order chi connectivity index (χ1) is 8.09. The largest absolute Gasteiger partial charge is 0.393 e. The van der Waals surface area contributed by atoms with Crippen LogP contribution in [0.1, 0.15) is 52.4 Å². The van der Waals surface area contributed by atoms with Gasteiger partial charge in [0.05, 0.1) is 6.10 Å². The topological polar surface area (TPSA) is 40.5 Å². The number of hydrogen-bond acceptors (Lipinski definition) is 2. The molecule has 1 N–H and O–H groups in total. The molecule has 1 saturated carbocycles. The third-order valence-corrected chi connectivity index (χ3v) is 4.84. The summed E-state index contributed by atoms with van der Waals surface area (Å²) in [5, 5.41) is 9.73. The van der Waals surface area contributed by atoms with Gasteiger partial charge in [0, 0.05) is 18.5 Å². The summed E-state index contributed by atoms with van der Waals surface area (Å²) in [7, 11) is 0. The van der Waals surface area contributed by atoms with Crippen molar-refractivity contribution in [2.24, 2.45) is 11.3 Å². The zero-order valence-corrected chi connectivity index (χ0v) is 11.1. The quantitative estimate of drug-likeness (QED) is 0.802. The Morgan fingerprint density at radius 2 is 2.06 bits per heavy atom. The third-order valence-electron chi connectivity index (χ3n) is 4.84. The summed E-state index contributed by atoms with van der Waals surface area (Å²) in [6.07, 6.45) is 6.02. The Morgan fingerprint density at radius 1 is 1.41 bits per heavy atom. The van der Waals surface area contributed by atoms with Crippen molar-refractivity contribution in [1.29, 1.82) is 0 Å². The van der Waals surface area contributed by atoms with Gasteiger partial charge in [-0.2, -0.15) is 0 Å². The SMILES string of the molecule is CCC1(C(=O)N2CCC(O)C(C)C2)CCCC1. The first-order valence-corrected chi connectivity index (χ1v) is 7.06. The first-order valence-electron chi connectivity index (χ1n) is 7.06. The minimum atomic E-state index is -0.222. The number of piperidine rings is 1. The van der Waals surface area contributed by atoms with Crippen LogP contribution in [0.5, 0.6) is 0 Å².